The van der Waals surface area contributed by atoms with Crippen LogP contribution < -0.4 is 5.32 Å². The van der Waals surface area contributed by atoms with E-state index in [1.165, 1.54) is 12.1 Å². The van der Waals surface area contributed by atoms with Crippen molar-refractivity contribution >= 4 is 17.6 Å². The first-order valence-corrected chi connectivity index (χ1v) is 8.25. The summed E-state index contributed by atoms with van der Waals surface area (Å²) in [7, 11) is 0. The zero-order chi connectivity index (χ0) is 18.2. The summed E-state index contributed by atoms with van der Waals surface area (Å²) in [6.07, 6.45) is 1.04. The molecule has 0 heterocycles. The van der Waals surface area contributed by atoms with Crippen molar-refractivity contribution in [1.29, 1.82) is 0 Å². The summed E-state index contributed by atoms with van der Waals surface area (Å²) in [6, 6.07) is 11.4. The van der Waals surface area contributed by atoms with Crippen LogP contribution in [0.3, 0.4) is 0 Å². The number of carboxylic acid groups (broad SMARTS) is 1. The second-order valence-corrected chi connectivity index (χ2v) is 7.08. The lowest BCUT2D eigenvalue weighted by Crippen LogP contribution is -2.27. The lowest BCUT2D eigenvalue weighted by Gasteiger charge is -2.35. The van der Waals surface area contributed by atoms with Crippen molar-refractivity contribution in [3.63, 3.8) is 0 Å². The van der Waals surface area contributed by atoms with Gasteiger partial charge in [0, 0.05) is 11.3 Å². The summed E-state index contributed by atoms with van der Waals surface area (Å²) in [5.41, 5.74) is 3.03. The minimum absolute atomic E-state index is 0.0176. The molecule has 0 bridgehead atoms. The Bertz CT molecular complexity index is 824. The average molecular weight is 339 g/mol. The molecule has 0 radical (unpaired) electrons. The van der Waals surface area contributed by atoms with Gasteiger partial charge in [0.2, 0.25) is 0 Å². The molecule has 5 nitrogen and oxygen atoms in total. The maximum atomic E-state index is 12.5. The number of carbonyl (C=O) groups is 2. The highest BCUT2D eigenvalue weighted by molar-refractivity contribution is 6.04. The van der Waals surface area contributed by atoms with E-state index < -0.39 is 12.1 Å². The molecule has 0 aromatic heterocycles. The van der Waals surface area contributed by atoms with Gasteiger partial charge in [-0.15, -0.1) is 0 Å². The van der Waals surface area contributed by atoms with Crippen molar-refractivity contribution in [2.45, 2.75) is 38.2 Å². The van der Waals surface area contributed by atoms with E-state index in [1.807, 2.05) is 6.07 Å². The summed E-state index contributed by atoms with van der Waals surface area (Å²) in [5.74, 6) is -1.30. The summed E-state index contributed by atoms with van der Waals surface area (Å²) in [5, 5.41) is 21.9. The van der Waals surface area contributed by atoms with Gasteiger partial charge in [-0.25, -0.2) is 4.79 Å². The largest absolute Gasteiger partial charge is 0.478 e. The summed E-state index contributed by atoms with van der Waals surface area (Å²) >= 11 is 0. The predicted molar refractivity (Wildman–Crippen MR) is 95.0 cm³/mol. The van der Waals surface area contributed by atoms with E-state index in [1.54, 1.807) is 24.3 Å². The minimum atomic E-state index is -1.01. The number of fused-ring (bicyclic) bond motifs is 1. The number of aliphatic hydroxyl groups excluding tert-OH is 1. The van der Waals surface area contributed by atoms with Crippen molar-refractivity contribution in [1.82, 2.24) is 0 Å². The molecule has 2 aromatic carbocycles. The number of carbonyl (C=O) groups excluding carboxylic acids is 1. The van der Waals surface area contributed by atoms with Gasteiger partial charge in [0.05, 0.1) is 11.7 Å². The number of benzene rings is 2. The van der Waals surface area contributed by atoms with E-state index in [0.29, 0.717) is 17.7 Å². The van der Waals surface area contributed by atoms with Crippen LogP contribution in [0.15, 0.2) is 42.5 Å². The molecule has 25 heavy (non-hydrogen) atoms. The highest BCUT2D eigenvalue weighted by Crippen LogP contribution is 2.41. The molecule has 3 N–H and O–H groups in total. The smallest absolute Gasteiger partial charge is 0.335 e. The maximum Gasteiger partial charge on any atom is 0.335 e. The van der Waals surface area contributed by atoms with Gasteiger partial charge in [-0.1, -0.05) is 19.9 Å². The number of hydrogen-bond donors (Lipinski definition) is 3. The molecule has 2 aromatic rings. The Balaban J connectivity index is 1.83. The zero-order valence-electron chi connectivity index (χ0n) is 14.2. The third-order valence-corrected chi connectivity index (χ3v) is 4.83. The molecule has 0 spiro atoms. The number of aliphatic hydroxyl groups is 1. The number of carboxylic acids is 1. The Hall–Kier alpha value is -2.66. The summed E-state index contributed by atoms with van der Waals surface area (Å²) in [6.45, 7) is 4.28. The fourth-order valence-corrected chi connectivity index (χ4v) is 3.28. The van der Waals surface area contributed by atoms with Gasteiger partial charge in [0.1, 0.15) is 0 Å². The monoisotopic (exact) mass is 339 g/mol. The van der Waals surface area contributed by atoms with Crippen LogP contribution in [0.2, 0.25) is 0 Å². The lowest BCUT2D eigenvalue weighted by atomic mass is 9.71. The van der Waals surface area contributed by atoms with Crippen molar-refractivity contribution < 1.29 is 19.8 Å². The molecule has 3 rings (SSSR count). The van der Waals surface area contributed by atoms with Gasteiger partial charge in [-0.3, -0.25) is 4.79 Å². The first-order valence-electron chi connectivity index (χ1n) is 8.25. The fraction of sp³-hybridized carbons (Fsp3) is 0.300. The van der Waals surface area contributed by atoms with E-state index in [0.717, 1.165) is 17.5 Å². The van der Waals surface area contributed by atoms with Crippen LogP contribution in [-0.4, -0.2) is 22.1 Å². The minimum Gasteiger partial charge on any atom is -0.478 e. The molecule has 0 aliphatic heterocycles. The van der Waals surface area contributed by atoms with E-state index in [4.69, 9.17) is 5.11 Å². The fourth-order valence-electron chi connectivity index (χ4n) is 3.28. The van der Waals surface area contributed by atoms with Gasteiger partial charge >= 0.3 is 5.97 Å². The van der Waals surface area contributed by atoms with Crippen LogP contribution in [0.1, 0.15) is 64.6 Å². The van der Waals surface area contributed by atoms with Gasteiger partial charge in [-0.2, -0.15) is 0 Å². The van der Waals surface area contributed by atoms with E-state index >= 15 is 0 Å². The average Bonchev–Trinajstić information content (AvgIpc) is 2.58. The molecule has 1 atom stereocenters. The van der Waals surface area contributed by atoms with Gasteiger partial charge in [0.15, 0.2) is 0 Å². The number of anilines is 1. The normalized spacial score (nSPS) is 18.3. The van der Waals surface area contributed by atoms with Crippen molar-refractivity contribution in [3.05, 3.63) is 64.7 Å². The van der Waals surface area contributed by atoms with E-state index in [9.17, 15) is 14.7 Å². The van der Waals surface area contributed by atoms with Crippen molar-refractivity contribution in [3.8, 4) is 0 Å². The third kappa shape index (κ3) is 3.42. The standard InChI is InChI=1S/C20H21NO4/c1-20(2)10-9-17(22)15-11-13(5-8-16(15)20)18(23)21-14-6-3-12(4-7-14)19(24)25/h3-8,11,17,22H,9-10H2,1-2H3,(H,21,23)(H,24,25). The molecule has 0 saturated heterocycles. The Morgan fingerprint density at radius 1 is 1.08 bits per heavy atom. The lowest BCUT2D eigenvalue weighted by molar-refractivity contribution is 0.0696. The first-order chi connectivity index (χ1) is 11.8. The molecule has 0 fully saturated rings. The number of amides is 1. The molecular formula is C20H21NO4. The quantitative estimate of drug-likeness (QED) is 0.795. The molecule has 5 heteroatoms. The number of hydrogen-bond acceptors (Lipinski definition) is 3. The van der Waals surface area contributed by atoms with Crippen molar-refractivity contribution in [2.75, 3.05) is 5.32 Å². The van der Waals surface area contributed by atoms with Crippen LogP contribution in [0.4, 0.5) is 5.69 Å². The van der Waals surface area contributed by atoms with Crippen LogP contribution in [0.5, 0.6) is 0 Å². The van der Waals surface area contributed by atoms with Gasteiger partial charge < -0.3 is 15.5 Å². The van der Waals surface area contributed by atoms with Gasteiger partial charge in [-0.05, 0) is 65.8 Å². The van der Waals surface area contributed by atoms with E-state index in [-0.39, 0.29) is 16.9 Å². The molecular weight excluding hydrogens is 318 g/mol. The molecule has 1 aliphatic carbocycles. The van der Waals surface area contributed by atoms with Crippen molar-refractivity contribution in [2.24, 2.45) is 0 Å². The molecule has 130 valence electrons. The maximum absolute atomic E-state index is 12.5. The molecule has 1 unspecified atom stereocenters. The number of rotatable bonds is 3. The summed E-state index contributed by atoms with van der Waals surface area (Å²) < 4.78 is 0. The summed E-state index contributed by atoms with van der Waals surface area (Å²) in [4.78, 5) is 23.3. The zero-order valence-corrected chi connectivity index (χ0v) is 14.2. The topological polar surface area (TPSA) is 86.6 Å². The molecule has 0 saturated carbocycles. The molecule has 1 aliphatic rings. The van der Waals surface area contributed by atoms with Crippen LogP contribution in [0, 0.1) is 0 Å². The Morgan fingerprint density at radius 3 is 2.36 bits per heavy atom. The Kier molecular flexibility index (Phi) is 4.35. The predicted octanol–water partition coefficient (Wildman–Crippen LogP) is 3.74. The molecule has 1 amide bonds. The Labute approximate surface area is 146 Å². The SMILES string of the molecule is CC1(C)CCC(O)c2cc(C(=O)Nc3ccc(C(=O)O)cc3)ccc21. The van der Waals surface area contributed by atoms with Gasteiger partial charge in [0.25, 0.3) is 5.91 Å². The highest BCUT2D eigenvalue weighted by atomic mass is 16.4. The van der Waals surface area contributed by atoms with Crippen LogP contribution in [-0.2, 0) is 5.41 Å². The highest BCUT2D eigenvalue weighted by Gasteiger charge is 2.32. The second-order valence-electron chi connectivity index (χ2n) is 7.08. The van der Waals surface area contributed by atoms with Crippen LogP contribution >= 0.6 is 0 Å². The number of nitrogens with one attached hydrogen (secondary N) is 1. The third-order valence-electron chi connectivity index (χ3n) is 4.83. The van der Waals surface area contributed by atoms with E-state index in [2.05, 4.69) is 19.2 Å². The Morgan fingerprint density at radius 2 is 1.72 bits per heavy atom. The first kappa shape index (κ1) is 17.2. The van der Waals surface area contributed by atoms with Crippen LogP contribution in [0.25, 0.3) is 0 Å². The number of aromatic carboxylic acids is 1. The second kappa shape index (κ2) is 6.33.